The number of aliphatic carboxylic acids is 1. The third-order valence-corrected chi connectivity index (χ3v) is 13.7. The Morgan fingerprint density at radius 3 is 2.27 bits per heavy atom. The van der Waals surface area contributed by atoms with E-state index in [1.807, 2.05) is 6.92 Å². The van der Waals surface area contributed by atoms with Gasteiger partial charge in [-0.2, -0.15) is 0 Å². The van der Waals surface area contributed by atoms with E-state index in [9.17, 15) is 33.9 Å². The number of hydrogen-bond donors (Lipinski definition) is 1. The van der Waals surface area contributed by atoms with E-state index < -0.39 is 117 Å². The Hall–Kier alpha value is -3.82. The molecule has 276 valence electrons. The second-order valence-electron chi connectivity index (χ2n) is 16.4. The van der Waals surface area contributed by atoms with Crippen LogP contribution in [0.25, 0.3) is 0 Å². The van der Waals surface area contributed by atoms with Crippen LogP contribution < -0.4 is 0 Å². The molecule has 0 aromatic carbocycles. The van der Waals surface area contributed by atoms with Gasteiger partial charge in [0, 0.05) is 43.9 Å². The van der Waals surface area contributed by atoms with E-state index in [-0.39, 0.29) is 37.9 Å². The molecule has 3 saturated heterocycles. The van der Waals surface area contributed by atoms with E-state index in [1.165, 1.54) is 32.4 Å². The Balaban J connectivity index is 1.53. The summed E-state index contributed by atoms with van der Waals surface area (Å²) in [5, 5.41) is 10.7. The molecular weight excluding hydrogens is 672 g/mol. The second-order valence-corrected chi connectivity index (χ2v) is 16.4. The van der Waals surface area contributed by atoms with Crippen molar-refractivity contribution in [3.05, 3.63) is 24.2 Å². The van der Waals surface area contributed by atoms with Gasteiger partial charge >= 0.3 is 29.8 Å². The lowest BCUT2D eigenvalue weighted by Gasteiger charge is -2.77. The Bertz CT molecular complexity index is 1790. The average molecular weight is 715 g/mol. The van der Waals surface area contributed by atoms with Crippen molar-refractivity contribution in [1.29, 1.82) is 0 Å². The molecule has 4 bridgehead atoms. The Morgan fingerprint density at radius 1 is 0.961 bits per heavy atom. The third kappa shape index (κ3) is 3.56. The van der Waals surface area contributed by atoms with Crippen LogP contribution in [-0.4, -0.2) is 87.9 Å². The predicted molar refractivity (Wildman–Crippen MR) is 165 cm³/mol. The fourth-order valence-corrected chi connectivity index (χ4v) is 12.5. The lowest BCUT2D eigenvalue weighted by atomic mass is 9.33. The van der Waals surface area contributed by atoms with Crippen molar-refractivity contribution >= 4 is 35.6 Å². The highest BCUT2D eigenvalue weighted by Gasteiger charge is 3.06. The molecule has 1 aromatic rings. The maximum absolute atomic E-state index is 14.7. The van der Waals surface area contributed by atoms with Crippen molar-refractivity contribution in [2.24, 2.45) is 34.0 Å². The predicted octanol–water partition coefficient (Wildman–Crippen LogP) is 3.11. The largest absolute Gasteiger partial charge is 0.481 e. The van der Waals surface area contributed by atoms with Crippen molar-refractivity contribution < 1.29 is 71.4 Å². The second kappa shape index (κ2) is 9.98. The number of carbonyl (C=O) groups is 6. The van der Waals surface area contributed by atoms with Gasteiger partial charge in [-0.05, 0) is 31.2 Å². The van der Waals surface area contributed by atoms with Gasteiger partial charge in [0.05, 0.1) is 29.6 Å². The molecule has 1 unspecified atom stereocenters. The average Bonchev–Trinajstić information content (AvgIpc) is 3.73. The molecule has 1 aromatic heterocycles. The smallest absolute Gasteiger partial charge is 0.308 e. The maximum atomic E-state index is 14.7. The molecule has 12 atom stereocenters. The summed E-state index contributed by atoms with van der Waals surface area (Å²) >= 11 is 0. The Morgan fingerprint density at radius 2 is 1.67 bits per heavy atom. The van der Waals surface area contributed by atoms with E-state index in [4.69, 9.17) is 37.6 Å². The minimum atomic E-state index is -2.21. The molecular formula is C36H42O15. The molecule has 0 radical (unpaired) electrons. The van der Waals surface area contributed by atoms with Crippen LogP contribution in [0.4, 0.5) is 0 Å². The van der Waals surface area contributed by atoms with Gasteiger partial charge in [0.25, 0.3) is 5.97 Å². The van der Waals surface area contributed by atoms with Crippen LogP contribution in [0, 0.1) is 34.0 Å². The van der Waals surface area contributed by atoms with Crippen LogP contribution in [0.15, 0.2) is 23.0 Å². The number of furan rings is 1. The molecule has 51 heavy (non-hydrogen) atoms. The van der Waals surface area contributed by atoms with Gasteiger partial charge < -0.3 is 42.7 Å². The van der Waals surface area contributed by atoms with Crippen LogP contribution in [0.2, 0.25) is 0 Å². The number of esters is 4. The Kier molecular flexibility index (Phi) is 6.71. The van der Waals surface area contributed by atoms with Gasteiger partial charge in [0.1, 0.15) is 29.7 Å². The Labute approximate surface area is 292 Å². The highest BCUT2D eigenvalue weighted by molar-refractivity contribution is 6.01. The normalized spacial score (nSPS) is 48.0. The van der Waals surface area contributed by atoms with Gasteiger partial charge in [0.2, 0.25) is 5.60 Å². The number of carboxylic acid groups (broad SMARTS) is 1. The molecule has 4 heterocycles. The van der Waals surface area contributed by atoms with Crippen LogP contribution in [0.3, 0.4) is 0 Å². The standard InChI is InChI=1S/C36H42O15/c1-17(2)26(43)47-28-35-22(12-23(39)40)29(5,25(42)20-8-11-44-14-20)9-10-33(35)32-16-45-24(41)13-21(32)30(6)15-34(32,50-31(7,49-33)51-35)36(28,48-19(4)38)27(30)46-18(3)37/h8,11,14,17,21-22,27-28H,9-10,12-13,15-16H2,1-7H3,(H,39,40)/t21-,22+,27-,28-,29+,30-,31?,32-,33-,34+,35+,36-/m0/s1. The van der Waals surface area contributed by atoms with Crippen LogP contribution in [0.1, 0.15) is 90.9 Å². The third-order valence-electron chi connectivity index (χ3n) is 13.7. The molecule has 3 aliphatic heterocycles. The number of Topliss-reactive ketones (excluding diaryl/α,β-unsaturated/α-hetero) is 1. The molecule has 4 saturated carbocycles. The number of ether oxygens (including phenoxy) is 7. The molecule has 15 heteroatoms. The van der Waals surface area contributed by atoms with Crippen molar-refractivity contribution in [2.45, 2.75) is 121 Å². The monoisotopic (exact) mass is 714 g/mol. The minimum Gasteiger partial charge on any atom is -0.481 e. The van der Waals surface area contributed by atoms with E-state index in [0.29, 0.717) is 0 Å². The number of carbonyl (C=O) groups excluding carboxylic acids is 5. The van der Waals surface area contributed by atoms with Crippen molar-refractivity contribution in [1.82, 2.24) is 0 Å². The lowest BCUT2D eigenvalue weighted by molar-refractivity contribution is -0.484. The first-order chi connectivity index (χ1) is 23.8. The summed E-state index contributed by atoms with van der Waals surface area (Å²) in [7, 11) is 0. The summed E-state index contributed by atoms with van der Waals surface area (Å²) in [5.74, 6) is -9.45. The number of ketones is 1. The number of rotatable bonds is 8. The SMILES string of the molecule is CC(=O)O[C@H]1[C@@]2(C)C[C@]34OC5(C)O[C@@]6([C@H](OC(=O)C(C)C)[C@@]13OC(C)=O)[C@H](CC(=O)O)[C@](C)(C(=O)c1ccoc1)CC[C@]6(O5)[C@@]41COC(=O)C[C@@H]21. The zero-order valence-corrected chi connectivity index (χ0v) is 29.5. The van der Waals surface area contributed by atoms with Crippen LogP contribution in [-0.2, 0) is 57.1 Å². The van der Waals surface area contributed by atoms with Crippen molar-refractivity contribution in [3.8, 4) is 0 Å². The fourth-order valence-electron chi connectivity index (χ4n) is 12.5. The molecule has 3 spiro atoms. The fraction of sp³-hybridized carbons (Fsp3) is 0.722. The first kappa shape index (κ1) is 34.3. The lowest BCUT2D eigenvalue weighted by Crippen LogP contribution is -2.95. The van der Waals surface area contributed by atoms with Gasteiger partial charge in [-0.1, -0.05) is 27.7 Å². The quantitative estimate of drug-likeness (QED) is 0.234. The number of cyclic esters (lactones) is 1. The first-order valence-electron chi connectivity index (χ1n) is 17.4. The van der Waals surface area contributed by atoms with Crippen molar-refractivity contribution in [2.75, 3.05) is 6.61 Å². The summed E-state index contributed by atoms with van der Waals surface area (Å²) in [5.41, 5.74) is -11.7. The number of fused-ring (bicyclic) bond motifs is 3. The summed E-state index contributed by atoms with van der Waals surface area (Å²) in [6, 6.07) is 1.48. The maximum Gasteiger partial charge on any atom is 0.308 e. The molecule has 1 N–H and O–H groups in total. The van der Waals surface area contributed by atoms with Gasteiger partial charge in [-0.15, -0.1) is 0 Å². The summed E-state index contributed by atoms with van der Waals surface area (Å²) < 4.78 is 51.6. The molecule has 8 rings (SSSR count). The summed E-state index contributed by atoms with van der Waals surface area (Å²) in [6.45, 7) is 10.2. The molecule has 4 aliphatic carbocycles. The topological polar surface area (TPSA) is 200 Å². The zero-order valence-electron chi connectivity index (χ0n) is 29.5. The van der Waals surface area contributed by atoms with E-state index in [0.717, 1.165) is 6.92 Å². The van der Waals surface area contributed by atoms with Crippen LogP contribution in [0.5, 0.6) is 0 Å². The highest BCUT2D eigenvalue weighted by atomic mass is 16.9. The van der Waals surface area contributed by atoms with E-state index >= 15 is 0 Å². The van der Waals surface area contributed by atoms with Gasteiger partial charge in [-0.3, -0.25) is 28.8 Å². The number of hydrogen-bond acceptors (Lipinski definition) is 14. The minimum absolute atomic E-state index is 0.0389. The zero-order chi connectivity index (χ0) is 36.9. The van der Waals surface area contributed by atoms with Gasteiger partial charge in [-0.25, -0.2) is 0 Å². The molecule has 0 amide bonds. The highest BCUT2D eigenvalue weighted by Crippen LogP contribution is 2.90. The molecule has 7 fully saturated rings. The summed E-state index contributed by atoms with van der Waals surface area (Å²) in [4.78, 5) is 81.8. The van der Waals surface area contributed by atoms with E-state index in [2.05, 4.69) is 0 Å². The molecule has 15 nitrogen and oxygen atoms in total. The van der Waals surface area contributed by atoms with E-state index in [1.54, 1.807) is 20.8 Å². The van der Waals surface area contributed by atoms with Gasteiger partial charge in [0.15, 0.2) is 18.0 Å². The van der Waals surface area contributed by atoms with Crippen LogP contribution >= 0.6 is 0 Å². The van der Waals surface area contributed by atoms with Crippen molar-refractivity contribution in [3.63, 3.8) is 0 Å². The first-order valence-corrected chi connectivity index (χ1v) is 17.4. The number of carboxylic acids is 1. The molecule has 7 aliphatic rings. The summed E-state index contributed by atoms with van der Waals surface area (Å²) in [6.07, 6.45) is -1.27.